The second kappa shape index (κ2) is 6.70. The van der Waals surface area contributed by atoms with Gasteiger partial charge in [-0.05, 0) is 60.1 Å². The maximum atomic E-state index is 12.4. The van der Waals surface area contributed by atoms with Crippen LogP contribution in [0.3, 0.4) is 0 Å². The van der Waals surface area contributed by atoms with Crippen molar-refractivity contribution in [2.45, 2.75) is 59.7 Å². The van der Waals surface area contributed by atoms with E-state index in [4.69, 9.17) is 21.1 Å². The molecule has 0 bridgehead atoms. The van der Waals surface area contributed by atoms with Gasteiger partial charge in [-0.15, -0.1) is 0 Å². The Morgan fingerprint density at radius 3 is 1.78 bits per heavy atom. The van der Waals surface area contributed by atoms with Crippen molar-refractivity contribution in [2.24, 2.45) is 0 Å². The molecule has 8 heteroatoms. The maximum absolute atomic E-state index is 12.4. The fourth-order valence-electron chi connectivity index (χ4n) is 1.51. The van der Waals surface area contributed by atoms with Crippen molar-refractivity contribution in [1.82, 2.24) is 9.97 Å². The van der Waals surface area contributed by atoms with Gasteiger partial charge in [0.15, 0.2) is 5.82 Å². The molecule has 0 aliphatic rings. The first-order valence-corrected chi connectivity index (χ1v) is 7.43. The smallest absolute Gasteiger partial charge is 0.425 e. The summed E-state index contributed by atoms with van der Waals surface area (Å²) in [6, 6.07) is 1.44. The number of rotatable bonds is 1. The van der Waals surface area contributed by atoms with Crippen molar-refractivity contribution >= 4 is 29.6 Å². The van der Waals surface area contributed by atoms with Crippen LogP contribution in [-0.2, 0) is 9.47 Å². The van der Waals surface area contributed by atoms with Gasteiger partial charge in [0.2, 0.25) is 5.28 Å². The van der Waals surface area contributed by atoms with E-state index in [9.17, 15) is 9.59 Å². The lowest BCUT2D eigenvalue weighted by molar-refractivity contribution is 0.0429. The summed E-state index contributed by atoms with van der Waals surface area (Å²) in [6.45, 7) is 11.8. The van der Waals surface area contributed by atoms with Crippen molar-refractivity contribution < 1.29 is 19.1 Å². The van der Waals surface area contributed by atoms with Crippen molar-refractivity contribution in [3.63, 3.8) is 0 Å². The van der Waals surface area contributed by atoms with Crippen LogP contribution in [-0.4, -0.2) is 33.4 Å². The number of hydrogen-bond acceptors (Lipinski definition) is 6. The normalized spacial score (nSPS) is 11.8. The molecular weight excluding hydrogens is 322 g/mol. The number of amides is 2. The highest BCUT2D eigenvalue weighted by molar-refractivity contribution is 6.28. The third-order valence-electron chi connectivity index (χ3n) is 2.19. The summed E-state index contributed by atoms with van der Waals surface area (Å²) >= 11 is 5.82. The molecule has 0 fully saturated rings. The minimum absolute atomic E-state index is 0.00833. The Kier molecular flexibility index (Phi) is 5.58. The summed E-state index contributed by atoms with van der Waals surface area (Å²) < 4.78 is 10.5. The van der Waals surface area contributed by atoms with Crippen LogP contribution >= 0.6 is 11.6 Å². The number of ether oxygens (including phenoxy) is 2. The fourth-order valence-corrected chi connectivity index (χ4v) is 1.73. The van der Waals surface area contributed by atoms with Crippen LogP contribution in [0.1, 0.15) is 47.2 Å². The van der Waals surface area contributed by atoms with Crippen LogP contribution in [0.15, 0.2) is 6.07 Å². The highest BCUT2D eigenvalue weighted by Gasteiger charge is 2.33. The van der Waals surface area contributed by atoms with Crippen LogP contribution in [0.4, 0.5) is 15.4 Å². The quantitative estimate of drug-likeness (QED) is 0.713. The van der Waals surface area contributed by atoms with Crippen molar-refractivity contribution in [2.75, 3.05) is 4.90 Å². The molecule has 1 aromatic heterocycles. The van der Waals surface area contributed by atoms with Crippen LogP contribution < -0.4 is 4.90 Å². The SMILES string of the molecule is Cc1cc(N(C(=O)OC(C)(C)C)C(=O)OC(C)(C)C)nc(Cl)n1. The molecule has 0 spiro atoms. The van der Waals surface area contributed by atoms with Gasteiger partial charge in [0.25, 0.3) is 0 Å². The molecule has 0 aromatic carbocycles. The molecule has 0 atom stereocenters. The number of nitrogens with zero attached hydrogens (tertiary/aromatic N) is 3. The zero-order chi connectivity index (χ0) is 18.0. The predicted molar refractivity (Wildman–Crippen MR) is 86.7 cm³/mol. The van der Waals surface area contributed by atoms with E-state index >= 15 is 0 Å². The van der Waals surface area contributed by atoms with Gasteiger partial charge in [0.05, 0.1) is 0 Å². The van der Waals surface area contributed by atoms with Crippen molar-refractivity contribution in [1.29, 1.82) is 0 Å². The minimum atomic E-state index is -0.902. The summed E-state index contributed by atoms with van der Waals surface area (Å²) in [5.74, 6) is -0.00833. The summed E-state index contributed by atoms with van der Waals surface area (Å²) in [5, 5.41) is -0.0860. The van der Waals surface area contributed by atoms with E-state index in [0.717, 1.165) is 0 Å². The Hall–Kier alpha value is -1.89. The van der Waals surface area contributed by atoms with Crippen LogP contribution in [0.5, 0.6) is 0 Å². The molecule has 0 unspecified atom stereocenters. The molecule has 0 aliphatic heterocycles. The molecular formula is C15H22ClN3O4. The van der Waals surface area contributed by atoms with Gasteiger partial charge in [0.1, 0.15) is 11.2 Å². The molecule has 1 rings (SSSR count). The highest BCUT2D eigenvalue weighted by atomic mass is 35.5. The first-order valence-electron chi connectivity index (χ1n) is 7.06. The van der Waals surface area contributed by atoms with Gasteiger partial charge >= 0.3 is 12.2 Å². The third kappa shape index (κ3) is 6.40. The number of hydrogen-bond donors (Lipinski definition) is 0. The monoisotopic (exact) mass is 343 g/mol. The van der Waals surface area contributed by atoms with E-state index in [1.165, 1.54) is 6.07 Å². The van der Waals surface area contributed by atoms with Crippen molar-refractivity contribution in [3.05, 3.63) is 17.0 Å². The molecule has 7 nitrogen and oxygen atoms in total. The first-order chi connectivity index (χ1) is 10.3. The summed E-state index contributed by atoms with van der Waals surface area (Å²) in [6.07, 6.45) is -1.80. The molecule has 0 radical (unpaired) electrons. The Balaban J connectivity index is 3.25. The molecule has 1 aromatic rings. The second-order valence-electron chi connectivity index (χ2n) is 6.93. The van der Waals surface area contributed by atoms with Gasteiger partial charge in [-0.25, -0.2) is 14.6 Å². The summed E-state index contributed by atoms with van der Waals surface area (Å²) in [7, 11) is 0. The fraction of sp³-hybridized carbons (Fsp3) is 0.600. The third-order valence-corrected chi connectivity index (χ3v) is 2.36. The Morgan fingerprint density at radius 1 is 1.00 bits per heavy atom. The Labute approximate surface area is 140 Å². The zero-order valence-corrected chi connectivity index (χ0v) is 15.2. The van der Waals surface area contributed by atoms with Gasteiger partial charge < -0.3 is 9.47 Å². The number of carbonyl (C=O) groups is 2. The van der Waals surface area contributed by atoms with Crippen LogP contribution in [0, 0.1) is 6.92 Å². The molecule has 0 saturated heterocycles. The average molecular weight is 344 g/mol. The topological polar surface area (TPSA) is 81.6 Å². The Bertz CT molecular complexity index is 557. The van der Waals surface area contributed by atoms with Crippen molar-refractivity contribution in [3.8, 4) is 0 Å². The molecule has 2 amide bonds. The van der Waals surface area contributed by atoms with Gasteiger partial charge in [-0.2, -0.15) is 9.88 Å². The molecule has 0 aliphatic carbocycles. The maximum Gasteiger partial charge on any atom is 0.425 e. The second-order valence-corrected chi connectivity index (χ2v) is 7.27. The first kappa shape index (κ1) is 19.2. The van der Waals surface area contributed by atoms with Crippen LogP contribution in [0.25, 0.3) is 0 Å². The van der Waals surface area contributed by atoms with E-state index in [1.807, 2.05) is 0 Å². The largest absolute Gasteiger partial charge is 0.443 e. The van der Waals surface area contributed by atoms with Crippen LogP contribution in [0.2, 0.25) is 5.28 Å². The molecule has 128 valence electrons. The molecule has 23 heavy (non-hydrogen) atoms. The lowest BCUT2D eigenvalue weighted by Crippen LogP contribution is -2.44. The van der Waals surface area contributed by atoms with Gasteiger partial charge in [-0.1, -0.05) is 0 Å². The van der Waals surface area contributed by atoms with E-state index in [1.54, 1.807) is 48.5 Å². The summed E-state index contributed by atoms with van der Waals surface area (Å²) in [5.41, 5.74) is -1.08. The average Bonchev–Trinajstić information content (AvgIpc) is 2.21. The zero-order valence-electron chi connectivity index (χ0n) is 14.4. The lowest BCUT2D eigenvalue weighted by Gasteiger charge is -2.28. The summed E-state index contributed by atoms with van der Waals surface area (Å²) in [4.78, 5) is 33.3. The highest BCUT2D eigenvalue weighted by Crippen LogP contribution is 2.21. The molecule has 0 N–H and O–H groups in total. The van der Waals surface area contributed by atoms with E-state index in [0.29, 0.717) is 10.6 Å². The number of aromatic nitrogens is 2. The molecule has 0 saturated carbocycles. The van der Waals surface area contributed by atoms with Gasteiger partial charge in [-0.3, -0.25) is 0 Å². The lowest BCUT2D eigenvalue weighted by atomic mass is 10.2. The number of carbonyl (C=O) groups excluding carboxylic acids is 2. The van der Waals surface area contributed by atoms with E-state index < -0.39 is 23.4 Å². The minimum Gasteiger partial charge on any atom is -0.443 e. The number of imide groups is 1. The van der Waals surface area contributed by atoms with E-state index in [-0.39, 0.29) is 11.1 Å². The standard InChI is InChI=1S/C15H22ClN3O4/c1-9-8-10(18-11(16)17-9)19(12(20)22-14(2,3)4)13(21)23-15(5,6)7/h8H,1-7H3. The number of anilines is 1. The predicted octanol–water partition coefficient (Wildman–Crippen LogP) is 4.12. The van der Waals surface area contributed by atoms with Gasteiger partial charge in [0, 0.05) is 11.8 Å². The molecule has 1 heterocycles. The Morgan fingerprint density at radius 2 is 1.43 bits per heavy atom. The van der Waals surface area contributed by atoms with E-state index in [2.05, 4.69) is 9.97 Å². The number of halogens is 1. The number of aryl methyl sites for hydroxylation is 1.